The molecule has 1 N–H and O–H groups in total. The zero-order valence-electron chi connectivity index (χ0n) is 11.0. The van der Waals surface area contributed by atoms with E-state index in [4.69, 9.17) is 4.74 Å². The number of carbonyl (C=O) groups is 2. The molecule has 0 atom stereocenters. The molecule has 2 amide bonds. The van der Waals surface area contributed by atoms with Crippen LogP contribution in [0.15, 0.2) is 17.0 Å². The van der Waals surface area contributed by atoms with Crippen LogP contribution < -0.4 is 4.74 Å². The second-order valence-electron chi connectivity index (χ2n) is 4.08. The van der Waals surface area contributed by atoms with Crippen molar-refractivity contribution in [2.24, 2.45) is 0 Å². The molecule has 0 unspecified atom stereocenters. The summed E-state index contributed by atoms with van der Waals surface area (Å²) in [4.78, 5) is 34.4. The Bertz CT molecular complexity index is 685. The lowest BCUT2D eigenvalue weighted by Gasteiger charge is -2.06. The zero-order valence-corrected chi connectivity index (χ0v) is 11.8. The SMILES string of the molecule is COc1cc([N+](=O)[O-])cc(/C=C2\SC(=O)N(C)C2=O)c1O. The predicted octanol–water partition coefficient (Wildman–Crippen LogP) is 1.98. The summed E-state index contributed by atoms with van der Waals surface area (Å²) in [6.45, 7) is 0. The van der Waals surface area contributed by atoms with Gasteiger partial charge in [0.2, 0.25) is 0 Å². The third-order valence-electron chi connectivity index (χ3n) is 2.79. The fourth-order valence-electron chi connectivity index (χ4n) is 1.67. The number of ether oxygens (including phenoxy) is 1. The molecule has 1 aliphatic heterocycles. The Morgan fingerprint density at radius 2 is 2.10 bits per heavy atom. The number of carbonyl (C=O) groups excluding carboxylic acids is 2. The Kier molecular flexibility index (Phi) is 3.85. The van der Waals surface area contributed by atoms with Crippen molar-refractivity contribution in [1.29, 1.82) is 0 Å². The van der Waals surface area contributed by atoms with Crippen LogP contribution in [0.3, 0.4) is 0 Å². The van der Waals surface area contributed by atoms with E-state index < -0.39 is 16.1 Å². The average Bonchev–Trinajstić information content (AvgIpc) is 2.68. The summed E-state index contributed by atoms with van der Waals surface area (Å²) >= 11 is 0.690. The molecule has 110 valence electrons. The van der Waals surface area contributed by atoms with Crippen LogP contribution in [0, 0.1) is 10.1 Å². The zero-order chi connectivity index (χ0) is 15.7. The summed E-state index contributed by atoms with van der Waals surface area (Å²) in [7, 11) is 2.58. The lowest BCUT2D eigenvalue weighted by molar-refractivity contribution is -0.385. The van der Waals surface area contributed by atoms with E-state index in [9.17, 15) is 24.8 Å². The average molecular weight is 310 g/mol. The number of nitro benzene ring substituents is 1. The lowest BCUT2D eigenvalue weighted by Crippen LogP contribution is -2.22. The smallest absolute Gasteiger partial charge is 0.293 e. The lowest BCUT2D eigenvalue weighted by atomic mass is 10.1. The molecule has 8 nitrogen and oxygen atoms in total. The Hall–Kier alpha value is -2.55. The number of non-ortho nitro benzene ring substituents is 1. The second-order valence-corrected chi connectivity index (χ2v) is 5.08. The van der Waals surface area contributed by atoms with Crippen LogP contribution in [-0.2, 0) is 4.79 Å². The van der Waals surface area contributed by atoms with Crippen molar-refractivity contribution in [3.05, 3.63) is 32.7 Å². The number of imide groups is 1. The number of hydrogen-bond acceptors (Lipinski definition) is 7. The Labute approximate surface area is 123 Å². The van der Waals surface area contributed by atoms with E-state index in [1.165, 1.54) is 20.2 Å². The summed E-state index contributed by atoms with van der Waals surface area (Å²) in [6, 6.07) is 2.17. The minimum absolute atomic E-state index is 0.0278. The van der Waals surface area contributed by atoms with Crippen molar-refractivity contribution in [2.45, 2.75) is 0 Å². The van der Waals surface area contributed by atoms with Crippen LogP contribution in [-0.4, -0.2) is 40.2 Å². The molecule has 1 aliphatic rings. The van der Waals surface area contributed by atoms with Crippen LogP contribution in [0.25, 0.3) is 6.08 Å². The van der Waals surface area contributed by atoms with E-state index >= 15 is 0 Å². The first-order valence-electron chi connectivity index (χ1n) is 5.62. The largest absolute Gasteiger partial charge is 0.504 e. The van der Waals surface area contributed by atoms with Crippen LogP contribution in [0.5, 0.6) is 11.5 Å². The molecule has 2 rings (SSSR count). The van der Waals surface area contributed by atoms with E-state index in [0.717, 1.165) is 17.0 Å². The number of hydrogen-bond donors (Lipinski definition) is 1. The van der Waals surface area contributed by atoms with Gasteiger partial charge in [-0.05, 0) is 17.8 Å². The fraction of sp³-hybridized carbons (Fsp3) is 0.167. The van der Waals surface area contributed by atoms with Crippen molar-refractivity contribution >= 4 is 34.7 Å². The number of likely N-dealkylation sites (N-methyl/N-ethyl adjacent to an activating group) is 1. The van der Waals surface area contributed by atoms with Gasteiger partial charge in [0.1, 0.15) is 0 Å². The van der Waals surface area contributed by atoms with E-state index in [-0.39, 0.29) is 27.7 Å². The number of methoxy groups -OCH3 is 1. The minimum Gasteiger partial charge on any atom is -0.504 e. The molecule has 0 saturated carbocycles. The summed E-state index contributed by atoms with van der Waals surface area (Å²) in [5.74, 6) is -0.966. The van der Waals surface area contributed by atoms with Crippen LogP contribution in [0.2, 0.25) is 0 Å². The first-order chi connectivity index (χ1) is 9.85. The van der Waals surface area contributed by atoms with Gasteiger partial charge in [0, 0.05) is 18.7 Å². The molecule has 0 aromatic heterocycles. The van der Waals surface area contributed by atoms with Crippen LogP contribution in [0.4, 0.5) is 10.5 Å². The number of nitro groups is 1. The first-order valence-corrected chi connectivity index (χ1v) is 6.43. The molecule has 1 heterocycles. The minimum atomic E-state index is -0.648. The summed E-state index contributed by atoms with van der Waals surface area (Å²) in [6.07, 6.45) is 1.22. The van der Waals surface area contributed by atoms with Gasteiger partial charge >= 0.3 is 0 Å². The molecule has 1 saturated heterocycles. The summed E-state index contributed by atoms with van der Waals surface area (Å²) in [5.41, 5.74) is -0.272. The molecular formula is C12H10N2O6S. The molecule has 0 radical (unpaired) electrons. The van der Waals surface area contributed by atoms with Crippen molar-refractivity contribution in [2.75, 3.05) is 14.2 Å². The maximum Gasteiger partial charge on any atom is 0.293 e. The van der Waals surface area contributed by atoms with E-state index in [0.29, 0.717) is 11.8 Å². The van der Waals surface area contributed by atoms with Gasteiger partial charge < -0.3 is 9.84 Å². The predicted molar refractivity (Wildman–Crippen MR) is 75.0 cm³/mol. The van der Waals surface area contributed by atoms with Crippen molar-refractivity contribution in [1.82, 2.24) is 4.90 Å². The second kappa shape index (κ2) is 5.44. The van der Waals surface area contributed by atoms with Crippen LogP contribution in [0.1, 0.15) is 5.56 Å². The van der Waals surface area contributed by atoms with Gasteiger partial charge in [-0.25, -0.2) is 0 Å². The van der Waals surface area contributed by atoms with Crippen molar-refractivity contribution < 1.29 is 24.4 Å². The standard InChI is InChI=1S/C12H10N2O6S/c1-13-11(16)9(21-12(13)17)4-6-3-7(14(18)19)5-8(20-2)10(6)15/h3-5,15H,1-2H3/b9-4-. The summed E-state index contributed by atoms with van der Waals surface area (Å²) < 4.78 is 4.86. The molecule has 1 aromatic carbocycles. The van der Waals surface area contributed by atoms with Gasteiger partial charge in [0.25, 0.3) is 16.8 Å². The highest BCUT2D eigenvalue weighted by atomic mass is 32.2. The third kappa shape index (κ3) is 2.68. The van der Waals surface area contributed by atoms with Gasteiger partial charge in [-0.3, -0.25) is 24.6 Å². The highest BCUT2D eigenvalue weighted by Crippen LogP contribution is 2.38. The normalized spacial score (nSPS) is 16.7. The van der Waals surface area contributed by atoms with Gasteiger partial charge in [-0.2, -0.15) is 0 Å². The molecule has 0 spiro atoms. The van der Waals surface area contributed by atoms with E-state index in [2.05, 4.69) is 0 Å². The molecule has 9 heteroatoms. The maximum atomic E-state index is 11.8. The third-order valence-corrected chi connectivity index (χ3v) is 3.75. The Morgan fingerprint density at radius 1 is 1.43 bits per heavy atom. The molecule has 1 fully saturated rings. The van der Waals surface area contributed by atoms with Gasteiger partial charge in [0.15, 0.2) is 11.5 Å². The van der Waals surface area contributed by atoms with Gasteiger partial charge in [0.05, 0.1) is 23.0 Å². The first kappa shape index (κ1) is 14.9. The Balaban J connectivity index is 2.54. The maximum absolute atomic E-state index is 11.8. The van der Waals surface area contributed by atoms with Gasteiger partial charge in [-0.1, -0.05) is 0 Å². The topological polar surface area (TPSA) is 110 Å². The quantitative estimate of drug-likeness (QED) is 0.516. The number of aromatic hydroxyl groups is 1. The molecule has 1 aromatic rings. The monoisotopic (exact) mass is 310 g/mol. The van der Waals surface area contributed by atoms with Gasteiger partial charge in [-0.15, -0.1) is 0 Å². The number of phenols is 1. The number of phenolic OH excluding ortho intramolecular Hbond substituents is 1. The number of rotatable bonds is 3. The number of benzene rings is 1. The highest BCUT2D eigenvalue weighted by molar-refractivity contribution is 8.18. The fourth-order valence-corrected chi connectivity index (χ4v) is 2.49. The summed E-state index contributed by atoms with van der Waals surface area (Å²) in [5, 5.41) is 20.4. The molecular weight excluding hydrogens is 300 g/mol. The number of nitrogens with zero attached hydrogens (tertiary/aromatic N) is 2. The molecule has 0 aliphatic carbocycles. The van der Waals surface area contributed by atoms with E-state index in [1.54, 1.807) is 0 Å². The number of amides is 2. The van der Waals surface area contributed by atoms with E-state index in [1.807, 2.05) is 0 Å². The highest BCUT2D eigenvalue weighted by Gasteiger charge is 2.32. The Morgan fingerprint density at radius 3 is 2.57 bits per heavy atom. The van der Waals surface area contributed by atoms with Crippen LogP contribution >= 0.6 is 11.8 Å². The molecule has 21 heavy (non-hydrogen) atoms. The molecule has 0 bridgehead atoms. The number of thioether (sulfide) groups is 1. The van der Waals surface area contributed by atoms with Crippen molar-refractivity contribution in [3.8, 4) is 11.5 Å². The van der Waals surface area contributed by atoms with Crippen molar-refractivity contribution in [3.63, 3.8) is 0 Å².